The first-order valence-electron chi connectivity index (χ1n) is 7.70. The molecule has 0 spiro atoms. The van der Waals surface area contributed by atoms with E-state index in [1.54, 1.807) is 0 Å². The first-order chi connectivity index (χ1) is 7.70. The maximum Gasteiger partial charge on any atom is -0.0412 e. The van der Waals surface area contributed by atoms with Crippen molar-refractivity contribution in [3.63, 3.8) is 0 Å². The van der Waals surface area contributed by atoms with Gasteiger partial charge in [-0.2, -0.15) is 0 Å². The summed E-state index contributed by atoms with van der Waals surface area (Å²) in [4.78, 5) is 0. The zero-order valence-electron chi connectivity index (χ0n) is 12.2. The van der Waals surface area contributed by atoms with E-state index in [1.165, 1.54) is 64.2 Å². The Morgan fingerprint density at radius 2 is 1.19 bits per heavy atom. The smallest absolute Gasteiger partial charge is 0.0412 e. The van der Waals surface area contributed by atoms with Crippen LogP contribution in [0.25, 0.3) is 0 Å². The van der Waals surface area contributed by atoms with Gasteiger partial charge in [0.2, 0.25) is 0 Å². The molecule has 0 amide bonds. The molecule has 0 fully saturated rings. The van der Waals surface area contributed by atoms with E-state index < -0.39 is 0 Å². The van der Waals surface area contributed by atoms with Gasteiger partial charge in [-0.25, -0.2) is 0 Å². The molecule has 0 aliphatic rings. The zero-order valence-corrected chi connectivity index (χ0v) is 12.2. The summed E-state index contributed by atoms with van der Waals surface area (Å²) in [5.41, 5.74) is 0. The maximum atomic E-state index is 2.37. The standard InChI is InChI=1S/C16H34/c1-5-7-9-11-13-16(14-15(3)4)12-10-8-6-2/h15-16H,5-14H2,1-4H3. The van der Waals surface area contributed by atoms with Crippen LogP contribution in [0.5, 0.6) is 0 Å². The second-order valence-corrected chi connectivity index (χ2v) is 5.84. The van der Waals surface area contributed by atoms with E-state index in [0.717, 1.165) is 11.8 Å². The van der Waals surface area contributed by atoms with E-state index in [-0.39, 0.29) is 0 Å². The third-order valence-corrected chi connectivity index (χ3v) is 3.49. The van der Waals surface area contributed by atoms with Crippen molar-refractivity contribution < 1.29 is 0 Å². The van der Waals surface area contributed by atoms with Crippen LogP contribution < -0.4 is 0 Å². The number of rotatable bonds is 11. The molecule has 0 aromatic heterocycles. The molecule has 0 aromatic carbocycles. The molecule has 0 aliphatic carbocycles. The Hall–Kier alpha value is 0. The summed E-state index contributed by atoms with van der Waals surface area (Å²) in [6.45, 7) is 9.35. The molecule has 0 rings (SSSR count). The predicted octanol–water partition coefficient (Wildman–Crippen LogP) is 6.20. The Labute approximate surface area is 104 Å². The SMILES string of the molecule is CCCCCCC(CCCCC)CC(C)C. The average molecular weight is 226 g/mol. The summed E-state index contributed by atoms with van der Waals surface area (Å²) in [6.07, 6.45) is 14.4. The van der Waals surface area contributed by atoms with Crippen LogP contribution in [-0.4, -0.2) is 0 Å². The second-order valence-electron chi connectivity index (χ2n) is 5.84. The van der Waals surface area contributed by atoms with Gasteiger partial charge in [0.1, 0.15) is 0 Å². The monoisotopic (exact) mass is 226 g/mol. The average Bonchev–Trinajstić information content (AvgIpc) is 2.23. The number of unbranched alkanes of at least 4 members (excludes halogenated alkanes) is 5. The van der Waals surface area contributed by atoms with Crippen molar-refractivity contribution in [2.75, 3.05) is 0 Å². The third-order valence-electron chi connectivity index (χ3n) is 3.49. The topological polar surface area (TPSA) is 0 Å². The van der Waals surface area contributed by atoms with Crippen molar-refractivity contribution in [2.45, 2.75) is 91.9 Å². The molecule has 0 heteroatoms. The van der Waals surface area contributed by atoms with Crippen LogP contribution in [0.1, 0.15) is 91.9 Å². The molecular weight excluding hydrogens is 192 g/mol. The van der Waals surface area contributed by atoms with Crippen LogP contribution in [0, 0.1) is 11.8 Å². The summed E-state index contributed by atoms with van der Waals surface area (Å²) in [6, 6.07) is 0. The van der Waals surface area contributed by atoms with Gasteiger partial charge in [-0.15, -0.1) is 0 Å². The maximum absolute atomic E-state index is 2.37. The van der Waals surface area contributed by atoms with Crippen LogP contribution >= 0.6 is 0 Å². The summed E-state index contributed by atoms with van der Waals surface area (Å²) >= 11 is 0. The number of hydrogen-bond acceptors (Lipinski definition) is 0. The summed E-state index contributed by atoms with van der Waals surface area (Å²) in [5.74, 6) is 1.90. The van der Waals surface area contributed by atoms with Crippen LogP contribution in [0.15, 0.2) is 0 Å². The molecule has 0 aliphatic heterocycles. The molecule has 0 saturated carbocycles. The van der Waals surface area contributed by atoms with Gasteiger partial charge in [0.05, 0.1) is 0 Å². The molecule has 0 nitrogen and oxygen atoms in total. The lowest BCUT2D eigenvalue weighted by Gasteiger charge is -2.18. The van der Waals surface area contributed by atoms with Crippen molar-refractivity contribution in [3.8, 4) is 0 Å². The Kier molecular flexibility index (Phi) is 11.5. The number of hydrogen-bond donors (Lipinski definition) is 0. The third kappa shape index (κ3) is 10.5. The Balaban J connectivity index is 3.63. The highest BCUT2D eigenvalue weighted by molar-refractivity contribution is 4.62. The molecule has 0 saturated heterocycles. The van der Waals surface area contributed by atoms with Gasteiger partial charge in [0.25, 0.3) is 0 Å². The molecule has 0 heterocycles. The highest BCUT2D eigenvalue weighted by Crippen LogP contribution is 2.24. The fraction of sp³-hybridized carbons (Fsp3) is 1.00. The largest absolute Gasteiger partial charge is 0.0654 e. The van der Waals surface area contributed by atoms with Gasteiger partial charge in [-0.3, -0.25) is 0 Å². The molecular formula is C16H34. The summed E-state index contributed by atoms with van der Waals surface area (Å²) < 4.78 is 0. The van der Waals surface area contributed by atoms with E-state index in [0.29, 0.717) is 0 Å². The van der Waals surface area contributed by atoms with Crippen molar-refractivity contribution in [3.05, 3.63) is 0 Å². The van der Waals surface area contributed by atoms with Crippen molar-refractivity contribution in [1.29, 1.82) is 0 Å². The van der Waals surface area contributed by atoms with Gasteiger partial charge >= 0.3 is 0 Å². The molecule has 0 N–H and O–H groups in total. The minimum Gasteiger partial charge on any atom is -0.0654 e. The van der Waals surface area contributed by atoms with Gasteiger partial charge < -0.3 is 0 Å². The van der Waals surface area contributed by atoms with E-state index in [9.17, 15) is 0 Å². The molecule has 1 unspecified atom stereocenters. The fourth-order valence-corrected chi connectivity index (χ4v) is 2.59. The van der Waals surface area contributed by atoms with Crippen LogP contribution in [0.3, 0.4) is 0 Å². The van der Waals surface area contributed by atoms with Crippen LogP contribution in [-0.2, 0) is 0 Å². The molecule has 16 heavy (non-hydrogen) atoms. The zero-order chi connectivity index (χ0) is 12.2. The second kappa shape index (κ2) is 11.5. The Morgan fingerprint density at radius 3 is 1.69 bits per heavy atom. The Bertz CT molecular complexity index is 126. The molecule has 1 atom stereocenters. The van der Waals surface area contributed by atoms with Crippen LogP contribution in [0.4, 0.5) is 0 Å². The highest BCUT2D eigenvalue weighted by Gasteiger charge is 2.10. The lowest BCUT2D eigenvalue weighted by Crippen LogP contribution is -2.05. The molecule has 0 bridgehead atoms. The highest BCUT2D eigenvalue weighted by atomic mass is 14.2. The first-order valence-corrected chi connectivity index (χ1v) is 7.70. The van der Waals surface area contributed by atoms with Gasteiger partial charge in [0, 0.05) is 0 Å². The predicted molar refractivity (Wildman–Crippen MR) is 75.8 cm³/mol. The normalized spacial score (nSPS) is 13.3. The fourth-order valence-electron chi connectivity index (χ4n) is 2.59. The van der Waals surface area contributed by atoms with E-state index in [1.807, 2.05) is 0 Å². The van der Waals surface area contributed by atoms with Crippen molar-refractivity contribution in [2.24, 2.45) is 11.8 Å². The lowest BCUT2D eigenvalue weighted by molar-refractivity contribution is 0.341. The van der Waals surface area contributed by atoms with Crippen molar-refractivity contribution in [1.82, 2.24) is 0 Å². The minimum absolute atomic E-state index is 0.887. The molecule has 0 radical (unpaired) electrons. The summed E-state index contributed by atoms with van der Waals surface area (Å²) in [5, 5.41) is 0. The lowest BCUT2D eigenvalue weighted by atomic mass is 9.88. The quantitative estimate of drug-likeness (QED) is 0.368. The van der Waals surface area contributed by atoms with Gasteiger partial charge in [0.15, 0.2) is 0 Å². The van der Waals surface area contributed by atoms with E-state index in [2.05, 4.69) is 27.7 Å². The minimum atomic E-state index is 0.887. The molecule has 0 aromatic rings. The van der Waals surface area contributed by atoms with Gasteiger partial charge in [-0.05, 0) is 18.3 Å². The van der Waals surface area contributed by atoms with E-state index in [4.69, 9.17) is 0 Å². The molecule has 98 valence electrons. The summed E-state index contributed by atoms with van der Waals surface area (Å²) in [7, 11) is 0. The van der Waals surface area contributed by atoms with Crippen LogP contribution in [0.2, 0.25) is 0 Å². The van der Waals surface area contributed by atoms with E-state index >= 15 is 0 Å². The first kappa shape index (κ1) is 16.0. The Morgan fingerprint density at radius 1 is 0.688 bits per heavy atom. The van der Waals surface area contributed by atoms with Gasteiger partial charge in [-0.1, -0.05) is 85.5 Å². The van der Waals surface area contributed by atoms with Crippen molar-refractivity contribution >= 4 is 0 Å².